The molecule has 4 heteroatoms. The molecule has 0 amide bonds. The molecule has 0 aromatic carbocycles. The van der Waals surface area contributed by atoms with Gasteiger partial charge in [-0.3, -0.25) is 4.79 Å². The molecule has 1 heterocycles. The van der Waals surface area contributed by atoms with Crippen molar-refractivity contribution in [3.05, 3.63) is 0 Å². The van der Waals surface area contributed by atoms with Gasteiger partial charge in [0.15, 0.2) is 0 Å². The minimum Gasteiger partial charge on any atom is -0.461 e. The second-order valence-electron chi connectivity index (χ2n) is 3.25. The largest absolute Gasteiger partial charge is 0.461 e. The second kappa shape index (κ2) is 3.92. The van der Waals surface area contributed by atoms with E-state index >= 15 is 0 Å². The normalized spacial score (nSPS) is 23.6. The summed E-state index contributed by atoms with van der Waals surface area (Å²) in [5.74, 6) is 1.69. The first-order valence-electron chi connectivity index (χ1n) is 3.95. The zero-order valence-corrected chi connectivity index (χ0v) is 9.26. The first-order valence-corrected chi connectivity index (χ1v) is 5.92. The van der Waals surface area contributed by atoms with Gasteiger partial charge in [0.1, 0.15) is 6.10 Å². The first-order chi connectivity index (χ1) is 5.49. The summed E-state index contributed by atoms with van der Waals surface area (Å²) in [6.07, 6.45) is 0.116. The molecule has 1 fully saturated rings. The lowest BCUT2D eigenvalue weighted by Crippen LogP contribution is -2.30. The predicted molar refractivity (Wildman–Crippen MR) is 54.5 cm³/mol. The summed E-state index contributed by atoms with van der Waals surface area (Å²) < 4.78 is 5.39. The van der Waals surface area contributed by atoms with Crippen LogP contribution in [0.5, 0.6) is 0 Å². The highest BCUT2D eigenvalue weighted by Crippen LogP contribution is 2.41. The van der Waals surface area contributed by atoms with Crippen LogP contribution in [0.1, 0.15) is 20.8 Å². The molecule has 1 aliphatic heterocycles. The molecule has 0 spiro atoms. The van der Waals surface area contributed by atoms with Crippen LogP contribution in [0.25, 0.3) is 0 Å². The zero-order valence-electron chi connectivity index (χ0n) is 7.62. The molecule has 70 valence electrons. The molecule has 12 heavy (non-hydrogen) atoms. The first kappa shape index (κ1) is 10.3. The SMILES string of the molecule is CC(=O)OC1CSC(C)(C)SC1. The van der Waals surface area contributed by atoms with Gasteiger partial charge in [0.25, 0.3) is 0 Å². The molecule has 0 N–H and O–H groups in total. The van der Waals surface area contributed by atoms with Crippen molar-refractivity contribution in [3.8, 4) is 0 Å². The van der Waals surface area contributed by atoms with E-state index in [0.29, 0.717) is 0 Å². The van der Waals surface area contributed by atoms with Crippen LogP contribution in [-0.2, 0) is 9.53 Å². The molecule has 0 unspecified atom stereocenters. The highest BCUT2D eigenvalue weighted by Gasteiger charge is 2.29. The minimum absolute atomic E-state index is 0.116. The smallest absolute Gasteiger partial charge is 0.302 e. The van der Waals surface area contributed by atoms with Crippen LogP contribution in [0.2, 0.25) is 0 Å². The third kappa shape index (κ3) is 3.27. The molecule has 0 atom stereocenters. The van der Waals surface area contributed by atoms with E-state index in [9.17, 15) is 4.79 Å². The van der Waals surface area contributed by atoms with Gasteiger partial charge in [0, 0.05) is 18.4 Å². The molecule has 0 bridgehead atoms. The molecule has 0 aliphatic carbocycles. The summed E-state index contributed by atoms with van der Waals surface area (Å²) in [5, 5.41) is 0. The van der Waals surface area contributed by atoms with Gasteiger partial charge in [-0.2, -0.15) is 0 Å². The van der Waals surface area contributed by atoms with E-state index in [4.69, 9.17) is 4.74 Å². The van der Waals surface area contributed by atoms with Crippen LogP contribution < -0.4 is 0 Å². The summed E-state index contributed by atoms with van der Waals surface area (Å²) >= 11 is 3.71. The molecule has 0 aromatic heterocycles. The van der Waals surface area contributed by atoms with Gasteiger partial charge in [-0.1, -0.05) is 0 Å². The van der Waals surface area contributed by atoms with Crippen molar-refractivity contribution < 1.29 is 9.53 Å². The number of carbonyl (C=O) groups excluding carboxylic acids is 1. The predicted octanol–water partition coefficient (Wildman–Crippen LogP) is 2.13. The fourth-order valence-electron chi connectivity index (χ4n) is 0.980. The lowest BCUT2D eigenvalue weighted by molar-refractivity contribution is -0.144. The van der Waals surface area contributed by atoms with E-state index in [1.807, 2.05) is 23.5 Å². The maximum atomic E-state index is 10.6. The van der Waals surface area contributed by atoms with E-state index in [1.165, 1.54) is 6.92 Å². The number of rotatable bonds is 1. The second-order valence-corrected chi connectivity index (χ2v) is 6.80. The van der Waals surface area contributed by atoms with Gasteiger partial charge in [-0.15, -0.1) is 23.5 Å². The Morgan fingerprint density at radius 2 is 1.92 bits per heavy atom. The Kier molecular flexibility index (Phi) is 3.35. The van der Waals surface area contributed by atoms with Gasteiger partial charge in [-0.05, 0) is 13.8 Å². The highest BCUT2D eigenvalue weighted by molar-refractivity contribution is 8.18. The summed E-state index contributed by atoms with van der Waals surface area (Å²) in [6, 6.07) is 0. The van der Waals surface area contributed by atoms with Crippen molar-refractivity contribution in [2.24, 2.45) is 0 Å². The van der Waals surface area contributed by atoms with Crippen LogP contribution in [0.4, 0.5) is 0 Å². The van der Waals surface area contributed by atoms with Gasteiger partial charge < -0.3 is 4.74 Å². The Morgan fingerprint density at radius 3 is 2.33 bits per heavy atom. The van der Waals surface area contributed by atoms with Crippen LogP contribution in [0.3, 0.4) is 0 Å². The third-order valence-corrected chi connectivity index (χ3v) is 4.74. The van der Waals surface area contributed by atoms with Crippen molar-refractivity contribution in [2.75, 3.05) is 11.5 Å². The monoisotopic (exact) mass is 206 g/mol. The van der Waals surface area contributed by atoms with E-state index in [1.54, 1.807) is 0 Å². The fraction of sp³-hybridized carbons (Fsp3) is 0.875. The Balaban J connectivity index is 2.31. The van der Waals surface area contributed by atoms with Crippen molar-refractivity contribution in [3.63, 3.8) is 0 Å². The molecular weight excluding hydrogens is 192 g/mol. The van der Waals surface area contributed by atoms with Crippen LogP contribution in [0, 0.1) is 0 Å². The van der Waals surface area contributed by atoms with E-state index < -0.39 is 0 Å². The summed E-state index contributed by atoms with van der Waals surface area (Å²) in [5.41, 5.74) is 0. The molecule has 1 saturated heterocycles. The topological polar surface area (TPSA) is 26.3 Å². The standard InChI is InChI=1S/C8H14O2S2/c1-6(9)10-7-4-11-8(2,3)12-5-7/h7H,4-5H2,1-3H3. The van der Waals surface area contributed by atoms with E-state index in [-0.39, 0.29) is 16.2 Å². The summed E-state index contributed by atoms with van der Waals surface area (Å²) in [7, 11) is 0. The lowest BCUT2D eigenvalue weighted by atomic mass is 10.4. The van der Waals surface area contributed by atoms with Crippen molar-refractivity contribution in [1.29, 1.82) is 0 Å². The zero-order chi connectivity index (χ0) is 9.19. The fourth-order valence-corrected chi connectivity index (χ4v) is 3.42. The molecule has 0 radical (unpaired) electrons. The average Bonchev–Trinajstić information content (AvgIpc) is 1.93. The van der Waals surface area contributed by atoms with Gasteiger partial charge in [0.2, 0.25) is 0 Å². The van der Waals surface area contributed by atoms with Gasteiger partial charge in [-0.25, -0.2) is 0 Å². The molecular formula is C8H14O2S2. The molecule has 2 nitrogen and oxygen atoms in total. The van der Waals surface area contributed by atoms with Crippen molar-refractivity contribution >= 4 is 29.5 Å². The molecule has 1 aliphatic rings. The van der Waals surface area contributed by atoms with Crippen LogP contribution in [0.15, 0.2) is 0 Å². The van der Waals surface area contributed by atoms with Crippen molar-refractivity contribution in [2.45, 2.75) is 31.0 Å². The number of hydrogen-bond acceptors (Lipinski definition) is 4. The Morgan fingerprint density at radius 1 is 1.42 bits per heavy atom. The maximum absolute atomic E-state index is 10.6. The lowest BCUT2D eigenvalue weighted by Gasteiger charge is -2.32. The van der Waals surface area contributed by atoms with Gasteiger partial charge >= 0.3 is 5.97 Å². The van der Waals surface area contributed by atoms with Gasteiger partial charge in [0.05, 0.1) is 4.08 Å². The quantitative estimate of drug-likeness (QED) is 0.614. The Labute approximate surface area is 81.8 Å². The Hall–Kier alpha value is 0.170. The average molecular weight is 206 g/mol. The highest BCUT2D eigenvalue weighted by atomic mass is 32.2. The van der Waals surface area contributed by atoms with Crippen LogP contribution >= 0.6 is 23.5 Å². The number of thioether (sulfide) groups is 2. The Bertz CT molecular complexity index is 170. The molecule has 1 rings (SSSR count). The number of ether oxygens (including phenoxy) is 1. The summed E-state index contributed by atoms with van der Waals surface area (Å²) in [6.45, 7) is 5.87. The number of carbonyl (C=O) groups is 1. The van der Waals surface area contributed by atoms with E-state index in [0.717, 1.165) is 11.5 Å². The third-order valence-electron chi connectivity index (χ3n) is 1.57. The number of esters is 1. The minimum atomic E-state index is -0.166. The molecule has 0 aromatic rings. The van der Waals surface area contributed by atoms with Crippen LogP contribution in [-0.4, -0.2) is 27.7 Å². The summed E-state index contributed by atoms with van der Waals surface area (Å²) in [4.78, 5) is 10.6. The van der Waals surface area contributed by atoms with E-state index in [2.05, 4.69) is 13.8 Å². The van der Waals surface area contributed by atoms with Crippen molar-refractivity contribution in [1.82, 2.24) is 0 Å². The molecule has 0 saturated carbocycles. The maximum Gasteiger partial charge on any atom is 0.302 e. The number of hydrogen-bond donors (Lipinski definition) is 0.